The lowest BCUT2D eigenvalue weighted by molar-refractivity contribution is -0.124. The van der Waals surface area contributed by atoms with Crippen molar-refractivity contribution >= 4 is 45.3 Å². The third kappa shape index (κ3) is 4.83. The third-order valence-corrected chi connectivity index (χ3v) is 5.43. The lowest BCUT2D eigenvalue weighted by Gasteiger charge is -2.09. The minimum atomic E-state index is -0.304. The molecule has 5 heteroatoms. The van der Waals surface area contributed by atoms with Gasteiger partial charge in [-0.1, -0.05) is 66.2 Å². The van der Waals surface area contributed by atoms with Crippen molar-refractivity contribution in [3.8, 4) is 0 Å². The largest absolute Gasteiger partial charge is 0.326 e. The fraction of sp³-hybridized carbons (Fsp3) is 0.148. The standard InChI is InChI=1S/C27H25N3O2/c1-18-11-12-25(19(2)15-18)29-26(31)13-14-27(32)30-28-17-24-22-9-5-3-7-20(22)16-21-8-4-6-10-23(21)24/h3-12,15-17H,13-14H2,1-2H3,(H,29,31)(H,30,32). The van der Waals surface area contributed by atoms with E-state index in [0.717, 1.165) is 43.9 Å². The van der Waals surface area contributed by atoms with Crippen LogP contribution >= 0.6 is 0 Å². The highest BCUT2D eigenvalue weighted by Gasteiger charge is 2.09. The van der Waals surface area contributed by atoms with E-state index >= 15 is 0 Å². The first-order valence-electron chi connectivity index (χ1n) is 10.6. The molecule has 0 unspecified atom stereocenters. The van der Waals surface area contributed by atoms with E-state index in [0.29, 0.717) is 0 Å². The highest BCUT2D eigenvalue weighted by atomic mass is 16.2. The Morgan fingerprint density at radius 2 is 1.44 bits per heavy atom. The first kappa shape index (κ1) is 21.2. The van der Waals surface area contributed by atoms with Crippen molar-refractivity contribution in [3.63, 3.8) is 0 Å². The quantitative estimate of drug-likeness (QED) is 0.245. The fourth-order valence-corrected chi connectivity index (χ4v) is 3.81. The predicted octanol–water partition coefficient (Wildman–Crippen LogP) is 5.48. The van der Waals surface area contributed by atoms with Gasteiger partial charge in [0, 0.05) is 24.1 Å². The van der Waals surface area contributed by atoms with Gasteiger partial charge in [-0.2, -0.15) is 5.10 Å². The minimum absolute atomic E-state index is 0.0599. The SMILES string of the molecule is Cc1ccc(NC(=O)CCC(=O)NN=Cc2c3ccccc3cc3ccccc23)c(C)c1. The summed E-state index contributed by atoms with van der Waals surface area (Å²) in [5.74, 6) is -0.502. The number of fused-ring (bicyclic) bond motifs is 2. The first-order valence-corrected chi connectivity index (χ1v) is 10.6. The number of hydrogen-bond acceptors (Lipinski definition) is 3. The van der Waals surface area contributed by atoms with Crippen LogP contribution in [0.4, 0.5) is 5.69 Å². The van der Waals surface area contributed by atoms with Crippen LogP contribution in [0.5, 0.6) is 0 Å². The molecule has 4 aromatic rings. The summed E-state index contributed by atoms with van der Waals surface area (Å²) in [5.41, 5.74) is 6.40. The number of aryl methyl sites for hydroxylation is 2. The van der Waals surface area contributed by atoms with Crippen LogP contribution in [0, 0.1) is 13.8 Å². The molecule has 0 aliphatic carbocycles. The molecule has 2 amide bonds. The summed E-state index contributed by atoms with van der Waals surface area (Å²) < 4.78 is 0. The molecule has 0 aliphatic heterocycles. The van der Waals surface area contributed by atoms with Crippen LogP contribution in [-0.4, -0.2) is 18.0 Å². The molecule has 0 bridgehead atoms. The molecule has 4 rings (SSSR count). The van der Waals surface area contributed by atoms with Gasteiger partial charge in [0.05, 0.1) is 6.21 Å². The molecule has 32 heavy (non-hydrogen) atoms. The zero-order valence-electron chi connectivity index (χ0n) is 18.2. The summed E-state index contributed by atoms with van der Waals surface area (Å²) in [6.45, 7) is 3.95. The van der Waals surface area contributed by atoms with Crippen LogP contribution in [0.1, 0.15) is 29.5 Å². The monoisotopic (exact) mass is 423 g/mol. The third-order valence-electron chi connectivity index (χ3n) is 5.43. The van der Waals surface area contributed by atoms with Crippen LogP contribution < -0.4 is 10.7 Å². The highest BCUT2D eigenvalue weighted by molar-refractivity contribution is 6.13. The van der Waals surface area contributed by atoms with Gasteiger partial charge in [0.25, 0.3) is 0 Å². The second-order valence-electron chi connectivity index (χ2n) is 7.89. The molecular formula is C27H25N3O2. The maximum absolute atomic E-state index is 12.2. The molecule has 0 atom stereocenters. The predicted molar refractivity (Wildman–Crippen MR) is 131 cm³/mol. The molecule has 5 nitrogen and oxygen atoms in total. The number of carbonyl (C=O) groups is 2. The van der Waals surface area contributed by atoms with Gasteiger partial charge in [0.2, 0.25) is 11.8 Å². The second kappa shape index (κ2) is 9.43. The van der Waals surface area contributed by atoms with Crippen LogP contribution in [0.15, 0.2) is 77.9 Å². The number of hydrazone groups is 1. The Hall–Kier alpha value is -3.99. The summed E-state index contributed by atoms with van der Waals surface area (Å²) in [7, 11) is 0. The molecular weight excluding hydrogens is 398 g/mol. The van der Waals surface area contributed by atoms with Crippen LogP contribution in [0.25, 0.3) is 21.5 Å². The average molecular weight is 424 g/mol. The molecule has 0 fully saturated rings. The van der Waals surface area contributed by atoms with Crippen LogP contribution in [-0.2, 0) is 9.59 Å². The molecule has 0 saturated carbocycles. The van der Waals surface area contributed by atoms with Gasteiger partial charge in [0.1, 0.15) is 0 Å². The molecule has 0 aliphatic rings. The maximum Gasteiger partial charge on any atom is 0.240 e. The Labute approximate surface area is 187 Å². The highest BCUT2D eigenvalue weighted by Crippen LogP contribution is 2.27. The van der Waals surface area contributed by atoms with Crippen molar-refractivity contribution in [2.45, 2.75) is 26.7 Å². The number of anilines is 1. The molecule has 0 spiro atoms. The van der Waals surface area contributed by atoms with Crippen LogP contribution in [0.2, 0.25) is 0 Å². The van der Waals surface area contributed by atoms with Gasteiger partial charge in [0.15, 0.2) is 0 Å². The molecule has 160 valence electrons. The normalized spacial score (nSPS) is 11.2. The zero-order valence-corrected chi connectivity index (χ0v) is 18.2. The van der Waals surface area contributed by atoms with Crippen molar-refractivity contribution in [3.05, 3.63) is 89.5 Å². The van der Waals surface area contributed by atoms with Gasteiger partial charge in [-0.15, -0.1) is 0 Å². The first-order chi connectivity index (χ1) is 15.5. The van der Waals surface area contributed by atoms with E-state index in [4.69, 9.17) is 0 Å². The van der Waals surface area contributed by atoms with E-state index in [1.807, 2.05) is 68.4 Å². The molecule has 0 heterocycles. The number of nitrogens with zero attached hydrogens (tertiary/aromatic N) is 1. The number of rotatable bonds is 6. The Morgan fingerprint density at radius 1 is 0.812 bits per heavy atom. The lowest BCUT2D eigenvalue weighted by Crippen LogP contribution is -2.21. The van der Waals surface area contributed by atoms with Crippen LogP contribution in [0.3, 0.4) is 0 Å². The maximum atomic E-state index is 12.2. The van der Waals surface area contributed by atoms with Gasteiger partial charge in [-0.05, 0) is 53.1 Å². The molecule has 0 aromatic heterocycles. The van der Waals surface area contributed by atoms with E-state index < -0.39 is 0 Å². The number of benzene rings is 4. The fourth-order valence-electron chi connectivity index (χ4n) is 3.81. The zero-order chi connectivity index (χ0) is 22.5. The van der Waals surface area contributed by atoms with Gasteiger partial charge >= 0.3 is 0 Å². The van der Waals surface area contributed by atoms with Crippen molar-refractivity contribution in [2.24, 2.45) is 5.10 Å². The lowest BCUT2D eigenvalue weighted by atomic mass is 9.97. The van der Waals surface area contributed by atoms with Crippen molar-refractivity contribution in [1.29, 1.82) is 0 Å². The van der Waals surface area contributed by atoms with E-state index in [2.05, 4.69) is 34.0 Å². The van der Waals surface area contributed by atoms with Crippen molar-refractivity contribution < 1.29 is 9.59 Å². The smallest absolute Gasteiger partial charge is 0.240 e. The van der Waals surface area contributed by atoms with Gasteiger partial charge in [-0.3, -0.25) is 9.59 Å². The number of hydrogen-bond donors (Lipinski definition) is 2. The van der Waals surface area contributed by atoms with E-state index in [1.54, 1.807) is 6.21 Å². The summed E-state index contributed by atoms with van der Waals surface area (Å²) in [5, 5.41) is 11.4. The Morgan fingerprint density at radius 3 is 2.09 bits per heavy atom. The van der Waals surface area contributed by atoms with Gasteiger partial charge < -0.3 is 5.32 Å². The molecule has 2 N–H and O–H groups in total. The van der Waals surface area contributed by atoms with Crippen molar-refractivity contribution in [2.75, 3.05) is 5.32 Å². The average Bonchev–Trinajstić information content (AvgIpc) is 2.79. The molecule has 0 radical (unpaired) electrons. The van der Waals surface area contributed by atoms with E-state index in [1.165, 1.54) is 0 Å². The summed E-state index contributed by atoms with van der Waals surface area (Å²) >= 11 is 0. The van der Waals surface area contributed by atoms with Gasteiger partial charge in [-0.25, -0.2) is 5.43 Å². The molecule has 0 saturated heterocycles. The van der Waals surface area contributed by atoms with E-state index in [-0.39, 0.29) is 24.7 Å². The summed E-state index contributed by atoms with van der Waals surface area (Å²) in [6.07, 6.45) is 1.83. The Kier molecular flexibility index (Phi) is 6.26. The van der Waals surface area contributed by atoms with Crippen molar-refractivity contribution in [1.82, 2.24) is 5.43 Å². The number of carbonyl (C=O) groups excluding carboxylic acids is 2. The number of nitrogens with one attached hydrogen (secondary N) is 2. The summed E-state index contributed by atoms with van der Waals surface area (Å²) in [6, 6.07) is 24.2. The topological polar surface area (TPSA) is 70.6 Å². The Bertz CT molecular complexity index is 1290. The van der Waals surface area contributed by atoms with E-state index in [9.17, 15) is 9.59 Å². The summed E-state index contributed by atoms with van der Waals surface area (Å²) in [4.78, 5) is 24.4. The Balaban J connectivity index is 1.40. The second-order valence-corrected chi connectivity index (χ2v) is 7.89. The molecule has 4 aromatic carbocycles. The number of amides is 2. The minimum Gasteiger partial charge on any atom is -0.326 e.